The van der Waals surface area contributed by atoms with Gasteiger partial charge in [-0.2, -0.15) is 0 Å². The summed E-state index contributed by atoms with van der Waals surface area (Å²) in [6, 6.07) is 0. The van der Waals surface area contributed by atoms with E-state index in [-0.39, 0.29) is 17.6 Å². The van der Waals surface area contributed by atoms with Crippen molar-refractivity contribution in [1.82, 2.24) is 0 Å². The topological polar surface area (TPSA) is 135 Å². The van der Waals surface area contributed by atoms with Gasteiger partial charge in [0.1, 0.15) is 22.7 Å². The van der Waals surface area contributed by atoms with Crippen LogP contribution >= 0.6 is 0 Å². The Morgan fingerprint density at radius 2 is 1.70 bits per heavy atom. The van der Waals surface area contributed by atoms with E-state index in [4.69, 9.17) is 23.7 Å². The van der Waals surface area contributed by atoms with E-state index < -0.39 is 80.8 Å². The largest absolute Gasteiger partial charge is 0.458 e. The maximum absolute atomic E-state index is 14.0. The lowest BCUT2D eigenvalue weighted by Gasteiger charge is -2.69. The molecule has 5 fully saturated rings. The summed E-state index contributed by atoms with van der Waals surface area (Å²) in [7, 11) is 0. The van der Waals surface area contributed by atoms with E-state index in [1.807, 2.05) is 0 Å². The lowest BCUT2D eigenvalue weighted by molar-refractivity contribution is -0.262. The second-order valence-electron chi connectivity index (χ2n) is 12.0. The Bertz CT molecular complexity index is 1300. The highest BCUT2D eigenvalue weighted by Crippen LogP contribution is 2.84. The molecule has 4 heterocycles. The first kappa shape index (κ1) is 24.4. The van der Waals surface area contributed by atoms with E-state index in [0.29, 0.717) is 0 Å². The van der Waals surface area contributed by atoms with Crippen LogP contribution in [0.3, 0.4) is 0 Å². The van der Waals surface area contributed by atoms with Crippen LogP contribution in [0.5, 0.6) is 0 Å². The van der Waals surface area contributed by atoms with Crippen LogP contribution in [-0.4, -0.2) is 69.7 Å². The molecule has 10 nitrogen and oxygen atoms in total. The molecule has 0 unspecified atom stereocenters. The fraction of sp³-hybridized carbons (Fsp3) is 0.630. The molecule has 37 heavy (non-hydrogen) atoms. The molecule has 6 aliphatic rings. The van der Waals surface area contributed by atoms with E-state index in [2.05, 4.69) is 13.2 Å². The SMILES string of the molecule is C=C1[C@@]23C(=O)O[C@@H](C)[C@]24O[C@]2(C(=C)[C@]5(C=CC(=O)OC5(C)C)C[C@H](O)[C@@]32C)[C@H](OC(C)=O)[C@@]1(C)OC4=O. The van der Waals surface area contributed by atoms with Crippen LogP contribution in [0, 0.1) is 16.2 Å². The molecule has 1 N–H and O–H groups in total. The molecule has 0 radical (unpaired) electrons. The zero-order chi connectivity index (χ0) is 27.4. The van der Waals surface area contributed by atoms with E-state index in [1.165, 1.54) is 26.8 Å². The van der Waals surface area contributed by atoms with Gasteiger partial charge in [0.15, 0.2) is 11.7 Å². The van der Waals surface area contributed by atoms with Gasteiger partial charge in [0.2, 0.25) is 5.60 Å². The Balaban J connectivity index is 1.77. The number of cyclic esters (lactones) is 2. The maximum atomic E-state index is 14.0. The first-order valence-corrected chi connectivity index (χ1v) is 12.3. The van der Waals surface area contributed by atoms with Gasteiger partial charge in [0.05, 0.1) is 16.9 Å². The van der Waals surface area contributed by atoms with Gasteiger partial charge >= 0.3 is 23.9 Å². The van der Waals surface area contributed by atoms with E-state index in [1.54, 1.807) is 26.8 Å². The monoisotopic (exact) mass is 514 g/mol. The Hall–Kier alpha value is -2.98. The van der Waals surface area contributed by atoms with Gasteiger partial charge in [-0.1, -0.05) is 26.2 Å². The summed E-state index contributed by atoms with van der Waals surface area (Å²) >= 11 is 0. The predicted octanol–water partition coefficient (Wildman–Crippen LogP) is 1.45. The fourth-order valence-corrected chi connectivity index (χ4v) is 8.75. The normalized spacial score (nSPS) is 52.4. The summed E-state index contributed by atoms with van der Waals surface area (Å²) < 4.78 is 30.1. The van der Waals surface area contributed by atoms with Crippen LogP contribution in [0.15, 0.2) is 36.5 Å². The van der Waals surface area contributed by atoms with Crippen molar-refractivity contribution >= 4 is 23.9 Å². The molecule has 0 aromatic rings. The van der Waals surface area contributed by atoms with Crippen molar-refractivity contribution in [3.05, 3.63) is 36.5 Å². The number of rotatable bonds is 1. The molecule has 3 bridgehead atoms. The Labute approximate surface area is 213 Å². The number of ether oxygens (including phenoxy) is 5. The third kappa shape index (κ3) is 1.94. The molecular weight excluding hydrogens is 484 g/mol. The standard InChI is InChI=1S/C27H30O10/c1-12-22(7)18(34-15(4)28)26-13(2)24(10-9-17(30)35-21(24,5)6)11-16(29)23(26,8)25(12)19(31)33-14(3)27(25,37-26)20(32)36-22/h9-10,14,16,18,29H,1-2,11H2,3-8H3/t14-,16-,18+,22-,23-,24-,25-,26+,27+/m0/s1. The minimum absolute atomic E-state index is 0.0322. The summed E-state index contributed by atoms with van der Waals surface area (Å²) in [6.45, 7) is 17.9. The molecule has 198 valence electrons. The van der Waals surface area contributed by atoms with Crippen LogP contribution in [0.2, 0.25) is 0 Å². The zero-order valence-corrected chi connectivity index (χ0v) is 21.6. The van der Waals surface area contributed by atoms with Crippen molar-refractivity contribution in [2.24, 2.45) is 16.2 Å². The summed E-state index contributed by atoms with van der Waals surface area (Å²) in [5.41, 5.74) is -11.1. The smallest absolute Gasteiger partial charge is 0.345 e. The number of hydrogen-bond donors (Lipinski definition) is 1. The zero-order valence-electron chi connectivity index (χ0n) is 21.6. The molecular formula is C27H30O10. The average molecular weight is 515 g/mol. The van der Waals surface area contributed by atoms with Crippen LogP contribution in [0.1, 0.15) is 48.0 Å². The highest BCUT2D eigenvalue weighted by molar-refractivity contribution is 6.03. The summed E-state index contributed by atoms with van der Waals surface area (Å²) in [4.78, 5) is 52.7. The van der Waals surface area contributed by atoms with E-state index in [9.17, 15) is 24.3 Å². The highest BCUT2D eigenvalue weighted by atomic mass is 16.7. The van der Waals surface area contributed by atoms with Crippen molar-refractivity contribution in [2.75, 3.05) is 0 Å². The number of esters is 4. The molecule has 2 aliphatic carbocycles. The number of aliphatic hydroxyl groups is 1. The van der Waals surface area contributed by atoms with Crippen molar-refractivity contribution in [3.8, 4) is 0 Å². The van der Waals surface area contributed by atoms with Gasteiger partial charge < -0.3 is 28.8 Å². The highest BCUT2D eigenvalue weighted by Gasteiger charge is 3.00. The molecule has 4 aliphatic heterocycles. The minimum atomic E-state index is -2.03. The van der Waals surface area contributed by atoms with Crippen LogP contribution < -0.4 is 0 Å². The molecule has 9 atom stereocenters. The summed E-state index contributed by atoms with van der Waals surface area (Å²) in [6.07, 6.45) is -1.02. The fourth-order valence-electron chi connectivity index (χ4n) is 8.75. The van der Waals surface area contributed by atoms with Gasteiger partial charge in [0.25, 0.3) is 0 Å². The average Bonchev–Trinajstić information content (AvgIpc) is 3.10. The number of carbonyl (C=O) groups is 4. The lowest BCUT2D eigenvalue weighted by Crippen LogP contribution is -2.82. The molecule has 0 aromatic heterocycles. The van der Waals surface area contributed by atoms with Crippen LogP contribution in [-0.2, 0) is 42.9 Å². The van der Waals surface area contributed by atoms with Gasteiger partial charge in [-0.15, -0.1) is 0 Å². The quantitative estimate of drug-likeness (QED) is 0.311. The molecule has 2 spiro atoms. The van der Waals surface area contributed by atoms with Crippen LogP contribution in [0.25, 0.3) is 0 Å². The number of hydrogen-bond acceptors (Lipinski definition) is 10. The van der Waals surface area contributed by atoms with E-state index >= 15 is 0 Å². The van der Waals surface area contributed by atoms with Crippen LogP contribution in [0.4, 0.5) is 0 Å². The summed E-state index contributed by atoms with van der Waals surface area (Å²) in [5, 5.41) is 12.1. The second kappa shape index (κ2) is 6.18. The van der Waals surface area contributed by atoms with Gasteiger partial charge in [-0.05, 0) is 45.3 Å². The van der Waals surface area contributed by atoms with Crippen molar-refractivity contribution in [3.63, 3.8) is 0 Å². The third-order valence-electron chi connectivity index (χ3n) is 10.5. The molecule has 0 amide bonds. The number of aliphatic hydroxyl groups excluding tert-OH is 1. The minimum Gasteiger partial charge on any atom is -0.458 e. The van der Waals surface area contributed by atoms with Gasteiger partial charge in [0, 0.05) is 13.0 Å². The van der Waals surface area contributed by atoms with Crippen molar-refractivity contribution in [2.45, 2.75) is 88.7 Å². The Morgan fingerprint density at radius 1 is 1.05 bits per heavy atom. The first-order chi connectivity index (χ1) is 17.0. The number of carbonyl (C=O) groups excluding carboxylic acids is 4. The molecule has 0 aromatic carbocycles. The summed E-state index contributed by atoms with van der Waals surface area (Å²) in [5.74, 6) is -2.92. The molecule has 3 saturated heterocycles. The third-order valence-corrected chi connectivity index (χ3v) is 10.5. The lowest BCUT2D eigenvalue weighted by atomic mass is 9.35. The maximum Gasteiger partial charge on any atom is 0.345 e. The second-order valence-corrected chi connectivity index (χ2v) is 12.0. The van der Waals surface area contributed by atoms with Gasteiger partial charge in [-0.25, -0.2) is 9.59 Å². The van der Waals surface area contributed by atoms with Gasteiger partial charge in [-0.3, -0.25) is 9.59 Å². The first-order valence-electron chi connectivity index (χ1n) is 12.3. The molecule has 2 saturated carbocycles. The van der Waals surface area contributed by atoms with Crippen molar-refractivity contribution < 1.29 is 48.0 Å². The Kier molecular flexibility index (Phi) is 4.07. The number of fused-ring (bicyclic) bond motifs is 1. The molecule has 6 rings (SSSR count). The van der Waals surface area contributed by atoms with Crippen molar-refractivity contribution in [1.29, 1.82) is 0 Å². The Morgan fingerprint density at radius 3 is 2.30 bits per heavy atom. The molecule has 10 heteroatoms. The van der Waals surface area contributed by atoms with E-state index in [0.717, 1.165) is 0 Å². The predicted molar refractivity (Wildman–Crippen MR) is 123 cm³/mol.